The minimum Gasteiger partial charge on any atom is -0.491 e. The van der Waals surface area contributed by atoms with Crippen LogP contribution in [0.5, 0.6) is 17.2 Å². The van der Waals surface area contributed by atoms with Gasteiger partial charge in [0.25, 0.3) is 5.91 Å². The van der Waals surface area contributed by atoms with Gasteiger partial charge in [-0.15, -0.1) is 0 Å². The Hall–Kier alpha value is -4.85. The number of para-hydroxylation sites is 2. The normalized spacial score (nSPS) is 18.3. The molecule has 7 rings (SSSR count). The molecule has 2 amide bonds. The predicted octanol–water partition coefficient (Wildman–Crippen LogP) is 5.03. The van der Waals surface area contributed by atoms with E-state index in [4.69, 9.17) is 14.2 Å². The molecule has 188 valence electrons. The first-order chi connectivity index (χ1) is 18.5. The summed E-state index contributed by atoms with van der Waals surface area (Å²) >= 11 is 0. The molecule has 3 aliphatic rings. The van der Waals surface area contributed by atoms with Crippen LogP contribution in [0.4, 0.5) is 15.8 Å². The molecule has 1 unspecified atom stereocenters. The number of amides is 2. The zero-order valence-corrected chi connectivity index (χ0v) is 20.1. The summed E-state index contributed by atoms with van der Waals surface area (Å²) in [7, 11) is 0. The Balaban J connectivity index is 1.18. The van der Waals surface area contributed by atoms with Crippen LogP contribution in [0.1, 0.15) is 27.0 Å². The highest BCUT2D eigenvalue weighted by molar-refractivity contribution is 6.11. The van der Waals surface area contributed by atoms with Gasteiger partial charge in [0.2, 0.25) is 12.7 Å². The van der Waals surface area contributed by atoms with Gasteiger partial charge in [-0.2, -0.15) is 0 Å². The fourth-order valence-corrected chi connectivity index (χ4v) is 5.42. The number of hydrogen-bond acceptors (Lipinski definition) is 5. The molecule has 38 heavy (non-hydrogen) atoms. The second kappa shape index (κ2) is 8.34. The Bertz CT molecular complexity index is 1620. The molecular weight excluding hydrogens is 487 g/mol. The molecule has 1 spiro atoms. The van der Waals surface area contributed by atoms with Gasteiger partial charge in [-0.3, -0.25) is 9.59 Å². The van der Waals surface area contributed by atoms with Crippen molar-refractivity contribution in [3.05, 3.63) is 113 Å². The van der Waals surface area contributed by atoms with Crippen molar-refractivity contribution in [2.75, 3.05) is 23.6 Å². The first kappa shape index (κ1) is 22.4. The van der Waals surface area contributed by atoms with Crippen LogP contribution in [0.25, 0.3) is 0 Å². The number of nitrogens with one attached hydrogen (secondary N) is 1. The van der Waals surface area contributed by atoms with Gasteiger partial charge in [-0.1, -0.05) is 42.5 Å². The maximum Gasteiger partial charge on any atom is 0.255 e. The number of benzene rings is 4. The molecule has 4 aromatic carbocycles. The van der Waals surface area contributed by atoms with Crippen molar-refractivity contribution in [1.82, 2.24) is 0 Å². The van der Waals surface area contributed by atoms with Gasteiger partial charge in [-0.05, 0) is 47.5 Å². The molecule has 1 atom stereocenters. The number of nitrogens with zero attached hydrogens (tertiary/aromatic N) is 1. The van der Waals surface area contributed by atoms with Crippen molar-refractivity contribution in [3.8, 4) is 17.2 Å². The number of halogens is 1. The summed E-state index contributed by atoms with van der Waals surface area (Å²) in [6, 6.07) is 24.3. The topological polar surface area (TPSA) is 77.1 Å². The van der Waals surface area contributed by atoms with Gasteiger partial charge < -0.3 is 24.4 Å². The van der Waals surface area contributed by atoms with Crippen LogP contribution in [0, 0.1) is 5.82 Å². The third-order valence-corrected chi connectivity index (χ3v) is 7.32. The van der Waals surface area contributed by atoms with Crippen LogP contribution in [-0.2, 0) is 16.8 Å². The summed E-state index contributed by atoms with van der Waals surface area (Å²) in [4.78, 5) is 28.5. The molecule has 0 saturated heterocycles. The van der Waals surface area contributed by atoms with Crippen LogP contribution < -0.4 is 24.4 Å². The van der Waals surface area contributed by atoms with E-state index in [0.29, 0.717) is 29.4 Å². The largest absolute Gasteiger partial charge is 0.491 e. The van der Waals surface area contributed by atoms with Gasteiger partial charge in [0.1, 0.15) is 23.6 Å². The van der Waals surface area contributed by atoms with Crippen LogP contribution in [-0.4, -0.2) is 25.2 Å². The first-order valence-electron chi connectivity index (χ1n) is 12.2. The average molecular weight is 509 g/mol. The van der Waals surface area contributed by atoms with E-state index in [1.54, 1.807) is 47.4 Å². The molecule has 1 N–H and O–H groups in total. The molecule has 8 heteroatoms. The van der Waals surface area contributed by atoms with E-state index in [-0.39, 0.29) is 25.0 Å². The van der Waals surface area contributed by atoms with Crippen molar-refractivity contribution in [2.45, 2.75) is 12.0 Å². The highest BCUT2D eigenvalue weighted by atomic mass is 19.1. The number of anilines is 2. The molecule has 0 aliphatic carbocycles. The van der Waals surface area contributed by atoms with E-state index in [1.165, 1.54) is 12.1 Å². The average Bonchev–Trinajstić information content (AvgIpc) is 3.62. The number of carbonyl (C=O) groups excluding carboxylic acids is 2. The van der Waals surface area contributed by atoms with Crippen molar-refractivity contribution < 1.29 is 28.2 Å². The van der Waals surface area contributed by atoms with Crippen LogP contribution >= 0.6 is 0 Å². The fraction of sp³-hybridized carbons (Fsp3) is 0.133. The monoisotopic (exact) mass is 508 g/mol. The minimum absolute atomic E-state index is 0.0855. The summed E-state index contributed by atoms with van der Waals surface area (Å²) in [6.45, 7) is 0.635. The third kappa shape index (κ3) is 3.26. The number of rotatable bonds is 4. The molecule has 3 heterocycles. The number of hydrogen-bond donors (Lipinski definition) is 1. The van der Waals surface area contributed by atoms with Crippen LogP contribution in [0.2, 0.25) is 0 Å². The zero-order valence-electron chi connectivity index (χ0n) is 20.1. The molecule has 0 bridgehead atoms. The van der Waals surface area contributed by atoms with Crippen molar-refractivity contribution in [3.63, 3.8) is 0 Å². The number of carbonyl (C=O) groups is 2. The molecule has 0 fully saturated rings. The van der Waals surface area contributed by atoms with E-state index >= 15 is 0 Å². The summed E-state index contributed by atoms with van der Waals surface area (Å²) in [5.74, 6) is 0.819. The van der Waals surface area contributed by atoms with E-state index in [2.05, 4.69) is 5.32 Å². The Labute approximate surface area is 217 Å². The van der Waals surface area contributed by atoms with Gasteiger partial charge >= 0.3 is 0 Å². The summed E-state index contributed by atoms with van der Waals surface area (Å²) in [5.41, 5.74) is 2.83. The number of fused-ring (bicyclic) bond motifs is 5. The minimum atomic E-state index is -0.980. The second-order valence-corrected chi connectivity index (χ2v) is 9.43. The number of ether oxygens (including phenoxy) is 3. The first-order valence-corrected chi connectivity index (χ1v) is 12.2. The van der Waals surface area contributed by atoms with Gasteiger partial charge in [0.15, 0.2) is 11.5 Å². The van der Waals surface area contributed by atoms with Crippen molar-refractivity contribution in [1.29, 1.82) is 0 Å². The molecule has 0 saturated carbocycles. The van der Waals surface area contributed by atoms with E-state index in [1.807, 2.05) is 30.3 Å². The lowest BCUT2D eigenvalue weighted by atomic mass is 9.77. The third-order valence-electron chi connectivity index (χ3n) is 7.32. The standard InChI is InChI=1S/C30H21FN2O5/c31-22-6-2-3-7-23(22)32-28(34)19-11-9-18(10-12-19)15-33-24-8-4-1-5-20(24)30(29(33)35)16-36-25-14-27-26(13-21(25)30)37-17-38-27/h1-14H,15-17H2,(H,32,34). The molecule has 0 aromatic heterocycles. The predicted molar refractivity (Wildman–Crippen MR) is 137 cm³/mol. The fourth-order valence-electron chi connectivity index (χ4n) is 5.42. The summed E-state index contributed by atoms with van der Waals surface area (Å²) in [5, 5.41) is 2.59. The Morgan fingerprint density at radius 1 is 0.868 bits per heavy atom. The molecule has 4 aromatic rings. The smallest absolute Gasteiger partial charge is 0.255 e. The lowest BCUT2D eigenvalue weighted by Crippen LogP contribution is -2.42. The molecule has 3 aliphatic heterocycles. The lowest BCUT2D eigenvalue weighted by Gasteiger charge is -2.23. The Morgan fingerprint density at radius 3 is 2.42 bits per heavy atom. The van der Waals surface area contributed by atoms with Crippen LogP contribution in [0.15, 0.2) is 84.9 Å². The van der Waals surface area contributed by atoms with Gasteiger partial charge in [0.05, 0.1) is 12.2 Å². The molecular formula is C30H21FN2O5. The highest BCUT2D eigenvalue weighted by Crippen LogP contribution is 2.55. The van der Waals surface area contributed by atoms with E-state index < -0.39 is 17.1 Å². The zero-order chi connectivity index (χ0) is 25.9. The Morgan fingerprint density at radius 2 is 1.61 bits per heavy atom. The van der Waals surface area contributed by atoms with Crippen molar-refractivity contribution in [2.24, 2.45) is 0 Å². The Kier molecular flexibility index (Phi) is 4.91. The quantitative estimate of drug-likeness (QED) is 0.418. The molecule has 0 radical (unpaired) electrons. The molecule has 7 nitrogen and oxygen atoms in total. The maximum absolute atomic E-state index is 14.1. The SMILES string of the molecule is O=C(Nc1ccccc1F)c1ccc(CN2C(=O)C3(COc4cc5c(cc43)OCO5)c3ccccc32)cc1. The second-order valence-electron chi connectivity index (χ2n) is 9.43. The van der Waals surface area contributed by atoms with Crippen molar-refractivity contribution >= 4 is 23.2 Å². The summed E-state index contributed by atoms with van der Waals surface area (Å²) in [6.07, 6.45) is 0. The van der Waals surface area contributed by atoms with E-state index in [9.17, 15) is 14.0 Å². The highest BCUT2D eigenvalue weighted by Gasteiger charge is 2.57. The van der Waals surface area contributed by atoms with E-state index in [0.717, 1.165) is 22.4 Å². The van der Waals surface area contributed by atoms with Gasteiger partial charge in [0, 0.05) is 22.9 Å². The lowest BCUT2D eigenvalue weighted by molar-refractivity contribution is -0.122. The maximum atomic E-state index is 14.1. The van der Waals surface area contributed by atoms with Crippen LogP contribution in [0.3, 0.4) is 0 Å². The van der Waals surface area contributed by atoms with Gasteiger partial charge in [-0.25, -0.2) is 4.39 Å². The summed E-state index contributed by atoms with van der Waals surface area (Å²) < 4.78 is 31.0.